The number of nitrogens with one attached hydrogen (secondary N) is 2. The van der Waals surface area contributed by atoms with Crippen LogP contribution in [-0.2, 0) is 0 Å². The highest BCUT2D eigenvalue weighted by Gasteiger charge is 1.99. The lowest BCUT2D eigenvalue weighted by molar-refractivity contribution is 0.307. The maximum Gasteiger partial charge on any atom is 0.170 e. The molecule has 3 nitrogen and oxygen atoms in total. The highest BCUT2D eigenvalue weighted by Crippen LogP contribution is 2.12. The number of hydrogen-bond acceptors (Lipinski definition) is 2. The summed E-state index contributed by atoms with van der Waals surface area (Å²) in [6.45, 7) is 3.63. The Hall–Kier alpha value is -2.07. The van der Waals surface area contributed by atoms with Gasteiger partial charge in [-0.1, -0.05) is 36.4 Å². The monoisotopic (exact) mass is 314 g/mol. The Labute approximate surface area is 137 Å². The van der Waals surface area contributed by atoms with Crippen LogP contribution in [0.5, 0.6) is 5.75 Å². The molecule has 4 heteroatoms. The van der Waals surface area contributed by atoms with Crippen molar-refractivity contribution in [1.82, 2.24) is 5.32 Å². The molecule has 0 spiro atoms. The Morgan fingerprint density at radius 1 is 1.00 bits per heavy atom. The summed E-state index contributed by atoms with van der Waals surface area (Å²) in [6, 6.07) is 18.0. The standard InChI is InChI=1S/C18H22N2OS/c1-15-9-5-6-12-17(15)20-18(22)19-13-7-8-14-21-16-10-3-2-4-11-16/h2-6,9-12H,7-8,13-14H2,1H3,(H2,19,20,22). The largest absolute Gasteiger partial charge is 0.494 e. The van der Waals surface area contributed by atoms with Crippen molar-refractivity contribution in [3.8, 4) is 5.75 Å². The maximum absolute atomic E-state index is 5.65. The van der Waals surface area contributed by atoms with Crippen LogP contribution in [0.25, 0.3) is 0 Å². The molecule has 2 aromatic carbocycles. The summed E-state index contributed by atoms with van der Waals surface area (Å²) in [5, 5.41) is 7.10. The molecule has 0 saturated heterocycles. The summed E-state index contributed by atoms with van der Waals surface area (Å²) < 4.78 is 5.65. The molecule has 0 aliphatic heterocycles. The van der Waals surface area contributed by atoms with Crippen LogP contribution >= 0.6 is 12.2 Å². The Morgan fingerprint density at radius 2 is 1.73 bits per heavy atom. The third-order valence-electron chi connectivity index (χ3n) is 3.26. The smallest absolute Gasteiger partial charge is 0.170 e. The van der Waals surface area contributed by atoms with Gasteiger partial charge >= 0.3 is 0 Å². The summed E-state index contributed by atoms with van der Waals surface area (Å²) in [7, 11) is 0. The number of benzene rings is 2. The number of unbranched alkanes of at least 4 members (excludes halogenated alkanes) is 1. The van der Waals surface area contributed by atoms with Crippen LogP contribution < -0.4 is 15.4 Å². The van der Waals surface area contributed by atoms with E-state index in [0.717, 1.165) is 37.4 Å². The molecule has 0 aromatic heterocycles. The number of hydrogen-bond donors (Lipinski definition) is 2. The Kier molecular flexibility index (Phi) is 6.71. The zero-order chi connectivity index (χ0) is 15.6. The summed E-state index contributed by atoms with van der Waals surface area (Å²) in [5.74, 6) is 0.923. The summed E-state index contributed by atoms with van der Waals surface area (Å²) >= 11 is 5.30. The minimum absolute atomic E-state index is 0.665. The van der Waals surface area contributed by atoms with Crippen LogP contribution in [0.3, 0.4) is 0 Å². The molecule has 2 N–H and O–H groups in total. The quantitative estimate of drug-likeness (QED) is 0.594. The molecule has 0 atom stereocenters. The highest BCUT2D eigenvalue weighted by atomic mass is 32.1. The first-order valence-electron chi connectivity index (χ1n) is 7.54. The van der Waals surface area contributed by atoms with E-state index in [4.69, 9.17) is 17.0 Å². The molecule has 0 saturated carbocycles. The molecular weight excluding hydrogens is 292 g/mol. The number of aryl methyl sites for hydroxylation is 1. The van der Waals surface area contributed by atoms with Crippen molar-refractivity contribution in [1.29, 1.82) is 0 Å². The van der Waals surface area contributed by atoms with Crippen LogP contribution in [0.1, 0.15) is 18.4 Å². The Bertz CT molecular complexity index is 587. The van der Waals surface area contributed by atoms with Gasteiger partial charge in [-0.05, 0) is 55.7 Å². The van der Waals surface area contributed by atoms with Gasteiger partial charge in [0.25, 0.3) is 0 Å². The first-order chi connectivity index (χ1) is 10.8. The fourth-order valence-electron chi connectivity index (χ4n) is 2.02. The van der Waals surface area contributed by atoms with E-state index in [1.807, 2.05) is 48.5 Å². The number of anilines is 1. The zero-order valence-electron chi connectivity index (χ0n) is 12.8. The topological polar surface area (TPSA) is 33.3 Å². The molecule has 0 amide bonds. The molecule has 0 fully saturated rings. The van der Waals surface area contributed by atoms with Gasteiger partial charge < -0.3 is 15.4 Å². The molecule has 22 heavy (non-hydrogen) atoms. The molecule has 0 aliphatic rings. The first kappa shape index (κ1) is 16.3. The molecule has 116 valence electrons. The number of para-hydroxylation sites is 2. The molecule has 0 unspecified atom stereocenters. The van der Waals surface area contributed by atoms with E-state index in [1.165, 1.54) is 5.56 Å². The third kappa shape index (κ3) is 5.74. The molecule has 0 aliphatic carbocycles. The molecular formula is C18H22N2OS. The predicted molar refractivity (Wildman–Crippen MR) is 96.6 cm³/mol. The van der Waals surface area contributed by atoms with Gasteiger partial charge in [-0.2, -0.15) is 0 Å². The van der Waals surface area contributed by atoms with Gasteiger partial charge in [-0.15, -0.1) is 0 Å². The maximum atomic E-state index is 5.65. The van der Waals surface area contributed by atoms with Gasteiger partial charge in [0.1, 0.15) is 5.75 Å². The SMILES string of the molecule is Cc1ccccc1NC(=S)NCCCCOc1ccccc1. The zero-order valence-corrected chi connectivity index (χ0v) is 13.7. The van der Waals surface area contributed by atoms with Crippen LogP contribution in [0, 0.1) is 6.92 Å². The highest BCUT2D eigenvalue weighted by molar-refractivity contribution is 7.80. The van der Waals surface area contributed by atoms with Crippen LogP contribution in [0.2, 0.25) is 0 Å². The van der Waals surface area contributed by atoms with E-state index in [9.17, 15) is 0 Å². The van der Waals surface area contributed by atoms with Gasteiger partial charge in [0.05, 0.1) is 6.61 Å². The lowest BCUT2D eigenvalue weighted by atomic mass is 10.2. The second kappa shape index (κ2) is 9.05. The number of thiocarbonyl (C=S) groups is 1. The average Bonchev–Trinajstić information content (AvgIpc) is 2.54. The fraction of sp³-hybridized carbons (Fsp3) is 0.278. The average molecular weight is 314 g/mol. The van der Waals surface area contributed by atoms with Crippen molar-refractivity contribution in [3.05, 3.63) is 60.2 Å². The number of rotatable bonds is 7. The Balaban J connectivity index is 1.57. The van der Waals surface area contributed by atoms with Crippen LogP contribution in [-0.4, -0.2) is 18.3 Å². The molecule has 2 aromatic rings. The van der Waals surface area contributed by atoms with Crippen molar-refractivity contribution >= 4 is 23.0 Å². The lowest BCUT2D eigenvalue weighted by Crippen LogP contribution is -2.29. The summed E-state index contributed by atoms with van der Waals surface area (Å²) in [5.41, 5.74) is 2.23. The summed E-state index contributed by atoms with van der Waals surface area (Å²) in [6.07, 6.45) is 2.01. The summed E-state index contributed by atoms with van der Waals surface area (Å²) in [4.78, 5) is 0. The number of ether oxygens (including phenoxy) is 1. The fourth-order valence-corrected chi connectivity index (χ4v) is 2.23. The van der Waals surface area contributed by atoms with Gasteiger partial charge in [-0.3, -0.25) is 0 Å². The minimum Gasteiger partial charge on any atom is -0.494 e. The van der Waals surface area contributed by atoms with Gasteiger partial charge in [0.2, 0.25) is 0 Å². The second-order valence-electron chi connectivity index (χ2n) is 5.06. The van der Waals surface area contributed by atoms with Crippen molar-refractivity contribution in [2.75, 3.05) is 18.5 Å². The minimum atomic E-state index is 0.665. The van der Waals surface area contributed by atoms with E-state index in [-0.39, 0.29) is 0 Å². The van der Waals surface area contributed by atoms with E-state index in [2.05, 4.69) is 23.6 Å². The van der Waals surface area contributed by atoms with Gasteiger partial charge in [0.15, 0.2) is 5.11 Å². The van der Waals surface area contributed by atoms with E-state index >= 15 is 0 Å². The van der Waals surface area contributed by atoms with E-state index in [1.54, 1.807) is 0 Å². The predicted octanol–water partition coefficient (Wildman–Crippen LogP) is 4.14. The molecule has 0 heterocycles. The van der Waals surface area contributed by atoms with Crippen molar-refractivity contribution in [3.63, 3.8) is 0 Å². The van der Waals surface area contributed by atoms with Crippen LogP contribution in [0.15, 0.2) is 54.6 Å². The van der Waals surface area contributed by atoms with E-state index in [0.29, 0.717) is 5.11 Å². The van der Waals surface area contributed by atoms with Crippen molar-refractivity contribution in [2.45, 2.75) is 19.8 Å². The first-order valence-corrected chi connectivity index (χ1v) is 7.95. The van der Waals surface area contributed by atoms with Crippen molar-refractivity contribution in [2.24, 2.45) is 0 Å². The van der Waals surface area contributed by atoms with E-state index < -0.39 is 0 Å². The lowest BCUT2D eigenvalue weighted by Gasteiger charge is -2.12. The Morgan fingerprint density at radius 3 is 2.50 bits per heavy atom. The molecule has 0 radical (unpaired) electrons. The molecule has 0 bridgehead atoms. The van der Waals surface area contributed by atoms with Gasteiger partial charge in [0, 0.05) is 12.2 Å². The normalized spacial score (nSPS) is 10.0. The van der Waals surface area contributed by atoms with Crippen LogP contribution in [0.4, 0.5) is 5.69 Å². The third-order valence-corrected chi connectivity index (χ3v) is 3.51. The molecule has 2 rings (SSSR count). The van der Waals surface area contributed by atoms with Crippen molar-refractivity contribution < 1.29 is 4.74 Å². The van der Waals surface area contributed by atoms with Gasteiger partial charge in [-0.25, -0.2) is 0 Å². The second-order valence-corrected chi connectivity index (χ2v) is 5.47.